The zero-order valence-electron chi connectivity index (χ0n) is 13.6. The smallest absolute Gasteiger partial charge is 0.307 e. The Morgan fingerprint density at radius 1 is 1.08 bits per heavy atom. The number of carbonyl (C=O) groups excluding carboxylic acids is 1. The van der Waals surface area contributed by atoms with Crippen molar-refractivity contribution in [3.8, 4) is 0 Å². The highest BCUT2D eigenvalue weighted by Crippen LogP contribution is 2.24. The number of benzene rings is 2. The lowest BCUT2D eigenvalue weighted by molar-refractivity contribution is -0.136. The van der Waals surface area contributed by atoms with Crippen LogP contribution in [0.15, 0.2) is 48.5 Å². The highest BCUT2D eigenvalue weighted by molar-refractivity contribution is 5.94. The van der Waals surface area contributed by atoms with Gasteiger partial charge in [-0.3, -0.25) is 9.59 Å². The lowest BCUT2D eigenvalue weighted by Crippen LogP contribution is -2.32. The summed E-state index contributed by atoms with van der Waals surface area (Å²) in [5.41, 5.74) is 1.48. The second kappa shape index (κ2) is 7.73. The summed E-state index contributed by atoms with van der Waals surface area (Å²) in [5, 5.41) is 11.6. The highest BCUT2D eigenvalue weighted by Gasteiger charge is 2.21. The van der Waals surface area contributed by atoms with Crippen molar-refractivity contribution in [2.75, 3.05) is 0 Å². The summed E-state index contributed by atoms with van der Waals surface area (Å²) in [6.07, 6.45) is -0.0915. The third kappa shape index (κ3) is 4.41. The van der Waals surface area contributed by atoms with Gasteiger partial charge in [0.15, 0.2) is 0 Å². The van der Waals surface area contributed by atoms with Gasteiger partial charge in [0.1, 0.15) is 5.82 Å². The van der Waals surface area contributed by atoms with Gasteiger partial charge in [-0.15, -0.1) is 0 Å². The van der Waals surface area contributed by atoms with E-state index >= 15 is 0 Å². The molecule has 0 bridgehead atoms. The third-order valence-electron chi connectivity index (χ3n) is 3.77. The van der Waals surface area contributed by atoms with E-state index in [9.17, 15) is 14.0 Å². The second-order valence-electron chi connectivity index (χ2n) is 5.98. The van der Waals surface area contributed by atoms with Crippen LogP contribution in [0.4, 0.5) is 4.39 Å². The van der Waals surface area contributed by atoms with Crippen LogP contribution in [0.2, 0.25) is 0 Å². The number of carboxylic acids is 1. The van der Waals surface area contributed by atoms with Gasteiger partial charge in [-0.2, -0.15) is 0 Å². The average Bonchev–Trinajstić information content (AvgIpc) is 2.53. The van der Waals surface area contributed by atoms with Crippen molar-refractivity contribution in [3.63, 3.8) is 0 Å². The molecule has 4 nitrogen and oxygen atoms in total. The molecular weight excluding hydrogens is 309 g/mol. The van der Waals surface area contributed by atoms with E-state index < -0.39 is 12.0 Å². The maximum atomic E-state index is 14.0. The standard InChI is InChI=1S/C19H20FNO3/c1-12(2)18(15-5-3-4-6-16(15)20)21-19(24)14-9-7-13(8-10-14)11-17(22)23/h3-10,12,18H,11H2,1-2H3,(H,21,24)(H,22,23). The molecule has 5 heteroatoms. The first-order valence-corrected chi connectivity index (χ1v) is 7.74. The molecule has 1 amide bonds. The number of nitrogens with one attached hydrogen (secondary N) is 1. The first kappa shape index (κ1) is 17.7. The SMILES string of the molecule is CC(C)C(NC(=O)c1ccc(CC(=O)O)cc1)c1ccccc1F. The van der Waals surface area contributed by atoms with Crippen LogP contribution >= 0.6 is 0 Å². The molecule has 0 spiro atoms. The Labute approximate surface area is 140 Å². The molecule has 2 aromatic rings. The van der Waals surface area contributed by atoms with E-state index in [1.165, 1.54) is 6.07 Å². The van der Waals surface area contributed by atoms with Gasteiger partial charge >= 0.3 is 5.97 Å². The molecule has 0 aliphatic heterocycles. The molecule has 126 valence electrons. The lowest BCUT2D eigenvalue weighted by Gasteiger charge is -2.23. The monoisotopic (exact) mass is 329 g/mol. The van der Waals surface area contributed by atoms with Crippen LogP contribution in [-0.4, -0.2) is 17.0 Å². The summed E-state index contributed by atoms with van der Waals surface area (Å²) in [7, 11) is 0. The highest BCUT2D eigenvalue weighted by atomic mass is 19.1. The fourth-order valence-corrected chi connectivity index (χ4v) is 2.50. The number of hydrogen-bond acceptors (Lipinski definition) is 2. The fraction of sp³-hybridized carbons (Fsp3) is 0.263. The molecule has 1 unspecified atom stereocenters. The van der Waals surface area contributed by atoms with Crippen molar-refractivity contribution < 1.29 is 19.1 Å². The van der Waals surface area contributed by atoms with Gasteiger partial charge in [-0.05, 0) is 29.7 Å². The van der Waals surface area contributed by atoms with Gasteiger partial charge in [0.2, 0.25) is 0 Å². The minimum Gasteiger partial charge on any atom is -0.481 e. The van der Waals surface area contributed by atoms with Gasteiger partial charge in [0, 0.05) is 11.1 Å². The van der Waals surface area contributed by atoms with Crippen molar-refractivity contribution in [1.82, 2.24) is 5.32 Å². The quantitative estimate of drug-likeness (QED) is 0.851. The molecule has 0 saturated carbocycles. The van der Waals surface area contributed by atoms with Gasteiger partial charge in [0.25, 0.3) is 5.91 Å². The van der Waals surface area contributed by atoms with Crippen molar-refractivity contribution in [2.45, 2.75) is 26.3 Å². The van der Waals surface area contributed by atoms with E-state index in [1.807, 2.05) is 13.8 Å². The summed E-state index contributed by atoms with van der Waals surface area (Å²) in [6.45, 7) is 3.82. The third-order valence-corrected chi connectivity index (χ3v) is 3.77. The van der Waals surface area contributed by atoms with E-state index in [1.54, 1.807) is 42.5 Å². The molecule has 0 radical (unpaired) electrons. The number of carbonyl (C=O) groups is 2. The molecule has 24 heavy (non-hydrogen) atoms. The lowest BCUT2D eigenvalue weighted by atomic mass is 9.95. The molecule has 0 heterocycles. The normalized spacial score (nSPS) is 12.0. The number of amides is 1. The summed E-state index contributed by atoms with van der Waals surface area (Å²) in [6, 6.07) is 12.3. The minimum atomic E-state index is -0.924. The van der Waals surface area contributed by atoms with E-state index in [4.69, 9.17) is 5.11 Å². The van der Waals surface area contributed by atoms with Crippen LogP contribution in [-0.2, 0) is 11.2 Å². The Hall–Kier alpha value is -2.69. The zero-order chi connectivity index (χ0) is 17.7. The van der Waals surface area contributed by atoms with Crippen LogP contribution in [0, 0.1) is 11.7 Å². The summed E-state index contributed by atoms with van der Waals surface area (Å²) in [5.74, 6) is -1.59. The predicted octanol–water partition coefficient (Wildman–Crippen LogP) is 3.58. The number of aliphatic carboxylic acids is 1. The summed E-state index contributed by atoms with van der Waals surface area (Å²) in [4.78, 5) is 23.1. The topological polar surface area (TPSA) is 66.4 Å². The number of carboxylic acid groups (broad SMARTS) is 1. The number of rotatable bonds is 6. The molecule has 0 fully saturated rings. The summed E-state index contributed by atoms with van der Waals surface area (Å²) < 4.78 is 14.0. The maximum Gasteiger partial charge on any atom is 0.307 e. The van der Waals surface area contributed by atoms with Gasteiger partial charge < -0.3 is 10.4 Å². The van der Waals surface area contributed by atoms with E-state index in [0.717, 1.165) is 0 Å². The van der Waals surface area contributed by atoms with Crippen molar-refractivity contribution >= 4 is 11.9 Å². The van der Waals surface area contributed by atoms with E-state index in [-0.39, 0.29) is 24.1 Å². The first-order valence-electron chi connectivity index (χ1n) is 7.74. The predicted molar refractivity (Wildman–Crippen MR) is 89.2 cm³/mol. The molecule has 0 aromatic heterocycles. The molecule has 2 N–H and O–H groups in total. The Morgan fingerprint density at radius 3 is 2.25 bits per heavy atom. The van der Waals surface area contributed by atoms with Gasteiger partial charge in [-0.1, -0.05) is 44.2 Å². The molecule has 0 aliphatic carbocycles. The fourth-order valence-electron chi connectivity index (χ4n) is 2.50. The zero-order valence-corrected chi connectivity index (χ0v) is 13.6. The minimum absolute atomic E-state index is 0.0112. The Kier molecular flexibility index (Phi) is 5.68. The van der Waals surface area contributed by atoms with Crippen LogP contribution in [0.25, 0.3) is 0 Å². The molecule has 2 rings (SSSR count). The first-order chi connectivity index (χ1) is 11.4. The largest absolute Gasteiger partial charge is 0.481 e. The van der Waals surface area contributed by atoms with Crippen LogP contribution in [0.5, 0.6) is 0 Å². The van der Waals surface area contributed by atoms with Crippen LogP contribution < -0.4 is 5.32 Å². The molecular formula is C19H20FNO3. The Morgan fingerprint density at radius 2 is 1.71 bits per heavy atom. The van der Waals surface area contributed by atoms with E-state index in [2.05, 4.69) is 5.32 Å². The van der Waals surface area contributed by atoms with Crippen molar-refractivity contribution in [1.29, 1.82) is 0 Å². The number of halogens is 1. The number of hydrogen-bond donors (Lipinski definition) is 2. The van der Waals surface area contributed by atoms with Gasteiger partial charge in [-0.25, -0.2) is 4.39 Å². The van der Waals surface area contributed by atoms with Crippen LogP contribution in [0.1, 0.15) is 41.4 Å². The second-order valence-corrected chi connectivity index (χ2v) is 5.98. The van der Waals surface area contributed by atoms with E-state index in [0.29, 0.717) is 16.7 Å². The maximum absolute atomic E-state index is 14.0. The van der Waals surface area contributed by atoms with Crippen molar-refractivity contribution in [3.05, 3.63) is 71.0 Å². The van der Waals surface area contributed by atoms with Gasteiger partial charge in [0.05, 0.1) is 12.5 Å². The Balaban J connectivity index is 2.16. The average molecular weight is 329 g/mol. The van der Waals surface area contributed by atoms with Crippen LogP contribution in [0.3, 0.4) is 0 Å². The molecule has 1 atom stereocenters. The molecule has 0 aliphatic rings. The molecule has 0 saturated heterocycles. The summed E-state index contributed by atoms with van der Waals surface area (Å²) >= 11 is 0. The molecule has 2 aromatic carbocycles. The van der Waals surface area contributed by atoms with Crippen molar-refractivity contribution in [2.24, 2.45) is 5.92 Å². The Bertz CT molecular complexity index is 726.